The van der Waals surface area contributed by atoms with Gasteiger partial charge in [-0.2, -0.15) is 0 Å². The Labute approximate surface area is 55.7 Å². The van der Waals surface area contributed by atoms with Crippen molar-refractivity contribution >= 4 is 11.8 Å². The van der Waals surface area contributed by atoms with Gasteiger partial charge in [0.25, 0.3) is 0 Å². The Morgan fingerprint density at radius 2 is 2.38 bits per heavy atom. The molecule has 0 aromatic heterocycles. The Morgan fingerprint density at radius 1 is 1.75 bits per heavy atom. The molecule has 0 radical (unpaired) electrons. The summed E-state index contributed by atoms with van der Waals surface area (Å²) in [4.78, 5) is 1.18. The Bertz CT molecular complexity index is 92.6. The van der Waals surface area contributed by atoms with Gasteiger partial charge in [-0.15, -0.1) is 11.8 Å². The predicted molar refractivity (Wildman–Crippen MR) is 42.1 cm³/mol. The van der Waals surface area contributed by atoms with Gasteiger partial charge < -0.3 is 0 Å². The minimum Gasteiger partial charge on any atom is -0.127 e. The van der Waals surface area contributed by atoms with Gasteiger partial charge in [0, 0.05) is 5.75 Å². The van der Waals surface area contributed by atoms with Crippen molar-refractivity contribution in [1.29, 1.82) is 0 Å². The zero-order valence-corrected chi connectivity index (χ0v) is 6.29. The molecule has 0 nitrogen and oxygen atoms in total. The third-order valence-corrected chi connectivity index (χ3v) is 1.51. The summed E-state index contributed by atoms with van der Waals surface area (Å²) < 4.78 is 0. The van der Waals surface area contributed by atoms with Crippen LogP contribution in [-0.2, 0) is 0 Å². The van der Waals surface area contributed by atoms with Crippen molar-refractivity contribution in [3.8, 4) is 0 Å². The third kappa shape index (κ3) is 5.83. The molecule has 0 unspecified atom stereocenters. The molecule has 0 amide bonds. The molecule has 0 heterocycles. The van der Waals surface area contributed by atoms with E-state index in [0.717, 1.165) is 5.75 Å². The van der Waals surface area contributed by atoms with Crippen LogP contribution < -0.4 is 0 Å². The molecule has 0 aliphatic rings. The van der Waals surface area contributed by atoms with Crippen molar-refractivity contribution in [2.24, 2.45) is 0 Å². The highest BCUT2D eigenvalue weighted by atomic mass is 32.2. The summed E-state index contributed by atoms with van der Waals surface area (Å²) in [5, 5.41) is 0. The first-order valence-corrected chi connectivity index (χ1v) is 3.65. The molecule has 46 valence electrons. The molecule has 0 aliphatic heterocycles. The fourth-order valence-electron chi connectivity index (χ4n) is 0.287. The molecule has 0 aromatic rings. The summed E-state index contributed by atoms with van der Waals surface area (Å²) in [5.41, 5.74) is 0. The van der Waals surface area contributed by atoms with Crippen LogP contribution >= 0.6 is 11.8 Å². The van der Waals surface area contributed by atoms with Gasteiger partial charge in [-0.25, -0.2) is 0 Å². The molecular formula is C7H12S. The quantitative estimate of drug-likeness (QED) is 0.527. The Kier molecular flexibility index (Phi) is 4.87. The molecule has 0 spiro atoms. The molecule has 0 saturated carbocycles. The van der Waals surface area contributed by atoms with Crippen molar-refractivity contribution in [1.82, 2.24) is 0 Å². The average molecular weight is 128 g/mol. The zero-order chi connectivity index (χ0) is 6.41. The van der Waals surface area contributed by atoms with Crippen LogP contribution in [0.5, 0.6) is 0 Å². The maximum Gasteiger partial charge on any atom is 0.0157 e. The topological polar surface area (TPSA) is 0 Å². The van der Waals surface area contributed by atoms with E-state index in [9.17, 15) is 0 Å². The monoisotopic (exact) mass is 128 g/mol. The van der Waals surface area contributed by atoms with E-state index < -0.39 is 0 Å². The van der Waals surface area contributed by atoms with Crippen LogP contribution in [0.3, 0.4) is 0 Å². The maximum absolute atomic E-state index is 3.76. The highest BCUT2D eigenvalue weighted by Gasteiger charge is 1.79. The summed E-state index contributed by atoms with van der Waals surface area (Å²) in [6.45, 7) is 7.80. The lowest BCUT2D eigenvalue weighted by molar-refractivity contribution is 1.64. The summed E-state index contributed by atoms with van der Waals surface area (Å²) >= 11 is 1.77. The number of hydrogen-bond donors (Lipinski definition) is 0. The van der Waals surface area contributed by atoms with Crippen LogP contribution in [0.4, 0.5) is 0 Å². The molecule has 0 fully saturated rings. The fourth-order valence-corrected chi connectivity index (χ4v) is 0.860. The van der Waals surface area contributed by atoms with E-state index in [0.29, 0.717) is 0 Å². The highest BCUT2D eigenvalue weighted by Crippen LogP contribution is 2.10. The standard InChI is InChI=1S/C7H12S/c1-4-5-6-8-7(2)3/h4-5H,2,6H2,1,3H3/b5-4-. The smallest absolute Gasteiger partial charge is 0.0157 e. The average Bonchev–Trinajstić information content (AvgIpc) is 1.66. The van der Waals surface area contributed by atoms with Crippen LogP contribution in [0.2, 0.25) is 0 Å². The molecule has 1 heteroatoms. The van der Waals surface area contributed by atoms with E-state index in [-0.39, 0.29) is 0 Å². The fraction of sp³-hybridized carbons (Fsp3) is 0.429. The Hall–Kier alpha value is -0.170. The van der Waals surface area contributed by atoms with Gasteiger partial charge in [0.1, 0.15) is 0 Å². The molecule has 0 bridgehead atoms. The van der Waals surface area contributed by atoms with E-state index in [1.165, 1.54) is 4.91 Å². The number of thioether (sulfide) groups is 1. The number of allylic oxidation sites excluding steroid dienone is 2. The summed E-state index contributed by atoms with van der Waals surface area (Å²) in [6.07, 6.45) is 4.18. The van der Waals surface area contributed by atoms with Gasteiger partial charge >= 0.3 is 0 Å². The Balaban J connectivity index is 3.05. The van der Waals surface area contributed by atoms with E-state index in [1.807, 2.05) is 13.8 Å². The van der Waals surface area contributed by atoms with Crippen LogP contribution in [0.25, 0.3) is 0 Å². The first kappa shape index (κ1) is 7.83. The van der Waals surface area contributed by atoms with Gasteiger partial charge in [-0.3, -0.25) is 0 Å². The minimum atomic E-state index is 1.06. The lowest BCUT2D eigenvalue weighted by Gasteiger charge is -1.90. The lowest BCUT2D eigenvalue weighted by Crippen LogP contribution is -1.67. The lowest BCUT2D eigenvalue weighted by atomic mass is 10.6. The minimum absolute atomic E-state index is 1.06. The molecule has 0 atom stereocenters. The second kappa shape index (κ2) is 4.98. The summed E-state index contributed by atoms with van der Waals surface area (Å²) in [7, 11) is 0. The van der Waals surface area contributed by atoms with Crippen LogP contribution in [0.15, 0.2) is 23.6 Å². The van der Waals surface area contributed by atoms with Crippen molar-refractivity contribution in [3.05, 3.63) is 23.6 Å². The number of hydrogen-bond acceptors (Lipinski definition) is 1. The second-order valence-corrected chi connectivity index (χ2v) is 2.90. The van der Waals surface area contributed by atoms with Gasteiger partial charge in [-0.05, 0) is 18.8 Å². The largest absolute Gasteiger partial charge is 0.127 e. The highest BCUT2D eigenvalue weighted by molar-refractivity contribution is 8.03. The molecule has 0 N–H and O–H groups in total. The van der Waals surface area contributed by atoms with Gasteiger partial charge in [-0.1, -0.05) is 18.7 Å². The summed E-state index contributed by atoms with van der Waals surface area (Å²) in [5.74, 6) is 1.06. The van der Waals surface area contributed by atoms with Crippen molar-refractivity contribution in [2.75, 3.05) is 5.75 Å². The Morgan fingerprint density at radius 3 is 2.75 bits per heavy atom. The molecule has 0 saturated heterocycles. The molecular weight excluding hydrogens is 116 g/mol. The molecule has 0 aliphatic carbocycles. The molecule has 0 rings (SSSR count). The van der Waals surface area contributed by atoms with E-state index in [2.05, 4.69) is 18.7 Å². The first-order chi connectivity index (χ1) is 3.77. The predicted octanol–water partition coefficient (Wildman–Crippen LogP) is 2.83. The van der Waals surface area contributed by atoms with Crippen molar-refractivity contribution < 1.29 is 0 Å². The van der Waals surface area contributed by atoms with Crippen molar-refractivity contribution in [3.63, 3.8) is 0 Å². The first-order valence-electron chi connectivity index (χ1n) is 2.67. The SMILES string of the molecule is C=C(C)SC/C=C\C. The normalized spacial score (nSPS) is 10.2. The maximum atomic E-state index is 3.76. The zero-order valence-electron chi connectivity index (χ0n) is 5.48. The van der Waals surface area contributed by atoms with Gasteiger partial charge in [0.15, 0.2) is 0 Å². The van der Waals surface area contributed by atoms with Gasteiger partial charge in [0.05, 0.1) is 0 Å². The third-order valence-electron chi connectivity index (χ3n) is 0.662. The molecule has 0 aromatic carbocycles. The second-order valence-electron chi connectivity index (χ2n) is 1.58. The van der Waals surface area contributed by atoms with E-state index in [1.54, 1.807) is 11.8 Å². The van der Waals surface area contributed by atoms with Crippen LogP contribution in [0, 0.1) is 0 Å². The van der Waals surface area contributed by atoms with Crippen molar-refractivity contribution in [2.45, 2.75) is 13.8 Å². The summed E-state index contributed by atoms with van der Waals surface area (Å²) in [6, 6.07) is 0. The van der Waals surface area contributed by atoms with E-state index in [4.69, 9.17) is 0 Å². The number of rotatable bonds is 3. The van der Waals surface area contributed by atoms with Crippen LogP contribution in [0.1, 0.15) is 13.8 Å². The van der Waals surface area contributed by atoms with Gasteiger partial charge in [0.2, 0.25) is 0 Å². The van der Waals surface area contributed by atoms with E-state index >= 15 is 0 Å². The molecule has 8 heavy (non-hydrogen) atoms. The van der Waals surface area contributed by atoms with Crippen LogP contribution in [-0.4, -0.2) is 5.75 Å².